The van der Waals surface area contributed by atoms with Gasteiger partial charge in [0.1, 0.15) is 0 Å². The van der Waals surface area contributed by atoms with E-state index in [2.05, 4.69) is 39.9 Å². The number of unbranched alkanes of at least 4 members (excludes halogenated alkanes) is 1. The molecule has 5 N–H and O–H groups in total. The van der Waals surface area contributed by atoms with Gasteiger partial charge in [0, 0.05) is 0 Å². The molecule has 0 radical (unpaired) electrons. The van der Waals surface area contributed by atoms with Crippen molar-refractivity contribution in [1.82, 2.24) is 5.32 Å². The van der Waals surface area contributed by atoms with E-state index in [1.807, 2.05) is 0 Å². The van der Waals surface area contributed by atoms with E-state index in [4.69, 9.17) is 11.5 Å². The third-order valence-corrected chi connectivity index (χ3v) is 4.08. The molecule has 0 aliphatic heterocycles. The van der Waals surface area contributed by atoms with E-state index < -0.39 is 5.66 Å². The van der Waals surface area contributed by atoms with Crippen LogP contribution in [0.4, 0.5) is 0 Å². The quantitative estimate of drug-likeness (QED) is 0.338. The molecule has 0 aliphatic rings. The molecule has 0 amide bonds. The van der Waals surface area contributed by atoms with Crippen LogP contribution in [0.2, 0.25) is 0 Å². The molecule has 0 saturated heterocycles. The molecule has 1 atom stereocenters. The van der Waals surface area contributed by atoms with Crippen LogP contribution in [0, 0.1) is 11.3 Å². The molecule has 110 valence electrons. The molecule has 0 aliphatic carbocycles. The van der Waals surface area contributed by atoms with Crippen LogP contribution in [0.15, 0.2) is 0 Å². The fraction of sp³-hybridized carbons (Fsp3) is 1.00. The fourth-order valence-corrected chi connectivity index (χ4v) is 1.88. The standard InChI is InChI=1S/C15H35N3/c1-6-8-11-18-12-13(7-2)9-10-15(16,17)14(3,4)5/h13,18H,6-12,16-17H2,1-5H3/i18+1. The lowest BCUT2D eigenvalue weighted by Crippen LogP contribution is -2.59. The maximum atomic E-state index is 6.23. The SMILES string of the molecule is CCCC[15NH]CC(CC)CCC(N)(N)C(C)(C)C. The first-order chi connectivity index (χ1) is 8.24. The molecule has 1 unspecified atom stereocenters. The van der Waals surface area contributed by atoms with E-state index >= 15 is 0 Å². The van der Waals surface area contributed by atoms with Crippen LogP contribution in [-0.4, -0.2) is 18.8 Å². The molecule has 0 spiro atoms. The maximum Gasteiger partial charge on any atom is 0.0686 e. The van der Waals surface area contributed by atoms with Gasteiger partial charge in [0.25, 0.3) is 0 Å². The summed E-state index contributed by atoms with van der Waals surface area (Å²) in [6.07, 6.45) is 5.71. The zero-order valence-corrected chi connectivity index (χ0v) is 13.2. The van der Waals surface area contributed by atoms with Gasteiger partial charge in [-0.25, -0.2) is 0 Å². The topological polar surface area (TPSA) is 64.1 Å². The maximum absolute atomic E-state index is 6.23. The Labute approximate surface area is 114 Å². The highest BCUT2D eigenvalue weighted by molar-refractivity contribution is 4.90. The van der Waals surface area contributed by atoms with E-state index in [1.165, 1.54) is 19.3 Å². The minimum absolute atomic E-state index is 0.0407. The zero-order chi connectivity index (χ0) is 14.2. The molecule has 3 heteroatoms. The highest BCUT2D eigenvalue weighted by Crippen LogP contribution is 2.29. The summed E-state index contributed by atoms with van der Waals surface area (Å²) in [7, 11) is 0. The molecular weight excluding hydrogens is 223 g/mol. The van der Waals surface area contributed by atoms with Gasteiger partial charge < -0.3 is 16.8 Å². The largest absolute Gasteiger partial charge is 0.316 e. The lowest BCUT2D eigenvalue weighted by molar-refractivity contribution is 0.167. The highest BCUT2D eigenvalue weighted by atomic mass is 15.6. The predicted molar refractivity (Wildman–Crippen MR) is 81.4 cm³/mol. The second kappa shape index (κ2) is 8.13. The van der Waals surface area contributed by atoms with Crippen LogP contribution < -0.4 is 16.8 Å². The second-order valence-corrected chi connectivity index (χ2v) is 6.66. The Morgan fingerprint density at radius 3 is 2.17 bits per heavy atom. The van der Waals surface area contributed by atoms with Gasteiger partial charge in [-0.3, -0.25) is 0 Å². The summed E-state index contributed by atoms with van der Waals surface area (Å²) in [6, 6.07) is 0. The highest BCUT2D eigenvalue weighted by Gasteiger charge is 2.34. The van der Waals surface area contributed by atoms with Gasteiger partial charge in [0.2, 0.25) is 0 Å². The molecular formula is C15H35N3. The first kappa shape index (κ1) is 17.9. The van der Waals surface area contributed by atoms with Crippen LogP contribution in [0.3, 0.4) is 0 Å². The van der Waals surface area contributed by atoms with Gasteiger partial charge in [-0.1, -0.05) is 47.5 Å². The van der Waals surface area contributed by atoms with Crippen molar-refractivity contribution in [2.45, 2.75) is 72.4 Å². The van der Waals surface area contributed by atoms with Crippen molar-refractivity contribution in [2.75, 3.05) is 13.1 Å². The van der Waals surface area contributed by atoms with Crippen molar-refractivity contribution < 1.29 is 0 Å². The van der Waals surface area contributed by atoms with Gasteiger partial charge >= 0.3 is 0 Å². The molecule has 0 aromatic heterocycles. The molecule has 0 rings (SSSR count). The van der Waals surface area contributed by atoms with Gasteiger partial charge in [-0.15, -0.1) is 0 Å². The lowest BCUT2D eigenvalue weighted by atomic mass is 9.77. The summed E-state index contributed by atoms with van der Waals surface area (Å²) >= 11 is 0. The van der Waals surface area contributed by atoms with Crippen LogP contribution >= 0.6 is 0 Å². The summed E-state index contributed by atoms with van der Waals surface area (Å²) < 4.78 is 0. The summed E-state index contributed by atoms with van der Waals surface area (Å²) in [6.45, 7) is 13.0. The second-order valence-electron chi connectivity index (χ2n) is 6.66. The third-order valence-electron chi connectivity index (χ3n) is 4.08. The first-order valence-electron chi connectivity index (χ1n) is 7.53. The van der Waals surface area contributed by atoms with Crippen molar-refractivity contribution in [3.8, 4) is 0 Å². The molecule has 0 bridgehead atoms. The average molecular weight is 258 g/mol. The van der Waals surface area contributed by atoms with Gasteiger partial charge in [0.15, 0.2) is 0 Å². The van der Waals surface area contributed by atoms with Crippen molar-refractivity contribution >= 4 is 0 Å². The Morgan fingerprint density at radius 2 is 1.72 bits per heavy atom. The summed E-state index contributed by atoms with van der Waals surface area (Å²) in [5.74, 6) is 0.690. The van der Waals surface area contributed by atoms with Crippen molar-refractivity contribution in [2.24, 2.45) is 22.8 Å². The Morgan fingerprint density at radius 1 is 1.11 bits per heavy atom. The summed E-state index contributed by atoms with van der Waals surface area (Å²) in [5, 5.41) is 3.53. The molecule has 0 aromatic rings. The van der Waals surface area contributed by atoms with Crippen LogP contribution in [-0.2, 0) is 0 Å². The molecule has 0 heterocycles. The van der Waals surface area contributed by atoms with Crippen LogP contribution in [0.1, 0.15) is 66.7 Å². The number of rotatable bonds is 9. The molecule has 0 fully saturated rings. The fourth-order valence-electron chi connectivity index (χ4n) is 1.88. The number of nitrogens with one attached hydrogen (secondary N) is 1. The van der Waals surface area contributed by atoms with Crippen molar-refractivity contribution in [3.63, 3.8) is 0 Å². The van der Waals surface area contributed by atoms with Crippen LogP contribution in [0.5, 0.6) is 0 Å². The average Bonchev–Trinajstić information content (AvgIpc) is 2.26. The summed E-state index contributed by atoms with van der Waals surface area (Å²) in [5.41, 5.74) is 11.9. The van der Waals surface area contributed by atoms with Gasteiger partial charge in [-0.2, -0.15) is 0 Å². The number of nitrogens with two attached hydrogens (primary N) is 2. The van der Waals surface area contributed by atoms with Crippen molar-refractivity contribution in [1.29, 1.82) is 0 Å². The van der Waals surface area contributed by atoms with E-state index in [9.17, 15) is 0 Å². The van der Waals surface area contributed by atoms with Crippen LogP contribution in [0.25, 0.3) is 0 Å². The third kappa shape index (κ3) is 6.72. The van der Waals surface area contributed by atoms with Crippen molar-refractivity contribution in [3.05, 3.63) is 0 Å². The van der Waals surface area contributed by atoms with E-state index in [-0.39, 0.29) is 5.41 Å². The number of hydrogen-bond acceptors (Lipinski definition) is 3. The smallest absolute Gasteiger partial charge is 0.0686 e. The first-order valence-corrected chi connectivity index (χ1v) is 7.53. The van der Waals surface area contributed by atoms with Gasteiger partial charge in [-0.05, 0) is 43.7 Å². The Bertz CT molecular complexity index is 206. The number of hydrogen-bond donors (Lipinski definition) is 3. The monoisotopic (exact) mass is 258 g/mol. The Kier molecular flexibility index (Phi) is 8.08. The molecule has 0 saturated carbocycles. The van der Waals surface area contributed by atoms with Gasteiger partial charge in [0.05, 0.1) is 5.66 Å². The Hall–Kier alpha value is -0.120. The lowest BCUT2D eigenvalue weighted by Gasteiger charge is -2.39. The normalized spacial score (nSPS) is 14.8. The molecule has 3 nitrogen and oxygen atoms in total. The molecule has 0 aromatic carbocycles. The molecule has 18 heavy (non-hydrogen) atoms. The minimum atomic E-state index is -0.566. The van der Waals surface area contributed by atoms with E-state index in [0.29, 0.717) is 5.92 Å². The van der Waals surface area contributed by atoms with E-state index in [1.54, 1.807) is 0 Å². The minimum Gasteiger partial charge on any atom is -0.316 e. The Balaban J connectivity index is 4.00. The van der Waals surface area contributed by atoms with E-state index in [0.717, 1.165) is 25.9 Å². The zero-order valence-electron chi connectivity index (χ0n) is 13.2. The summed E-state index contributed by atoms with van der Waals surface area (Å²) in [4.78, 5) is 0. The predicted octanol–water partition coefficient (Wildman–Crippen LogP) is 2.84.